The molecule has 8 nitrogen and oxygen atoms in total. The van der Waals surface area contributed by atoms with Gasteiger partial charge in [0, 0.05) is 36.7 Å². The molecule has 4 rings (SSSR count). The topological polar surface area (TPSA) is 95.1 Å². The van der Waals surface area contributed by atoms with Crippen molar-refractivity contribution < 1.29 is 9.18 Å². The quantitative estimate of drug-likeness (QED) is 0.419. The lowest BCUT2D eigenvalue weighted by Gasteiger charge is -2.30. The smallest absolute Gasteiger partial charge is 0.254 e. The van der Waals surface area contributed by atoms with Crippen molar-refractivity contribution in [1.29, 1.82) is 0 Å². The minimum Gasteiger partial charge on any atom is -0.352 e. The van der Waals surface area contributed by atoms with Crippen LogP contribution in [0.3, 0.4) is 0 Å². The highest BCUT2D eigenvalue weighted by molar-refractivity contribution is 6.00. The van der Waals surface area contributed by atoms with Crippen LogP contribution in [0.4, 0.5) is 27.4 Å². The number of fused-ring (bicyclic) bond motifs is 1. The Balaban J connectivity index is 1.62. The lowest BCUT2D eigenvalue weighted by Crippen LogP contribution is -2.33. The number of hydrogen-bond donors (Lipinski definition) is 3. The van der Waals surface area contributed by atoms with Crippen LogP contribution in [0.15, 0.2) is 42.7 Å². The minimum atomic E-state index is -1.69. The number of aromatic nitrogens is 3. The summed E-state index contributed by atoms with van der Waals surface area (Å²) in [7, 11) is 4.25. The molecule has 1 aliphatic carbocycles. The summed E-state index contributed by atoms with van der Waals surface area (Å²) in [6, 6.07) is 10.3. The number of likely N-dealkylation sites (N-methyl/N-ethyl adjacent to an activating group) is 1. The normalized spacial score (nSPS) is 15.4. The first-order chi connectivity index (χ1) is 17.1. The molecular formula is C27H34FN7O. The van der Waals surface area contributed by atoms with Gasteiger partial charge in [-0.05, 0) is 83.5 Å². The second-order valence-corrected chi connectivity index (χ2v) is 9.81. The van der Waals surface area contributed by atoms with Gasteiger partial charge < -0.3 is 20.9 Å². The van der Waals surface area contributed by atoms with E-state index in [1.165, 1.54) is 37.4 Å². The molecule has 190 valence electrons. The number of amides is 1. The van der Waals surface area contributed by atoms with Crippen molar-refractivity contribution in [3.63, 3.8) is 0 Å². The van der Waals surface area contributed by atoms with E-state index >= 15 is 0 Å². The second-order valence-electron chi connectivity index (χ2n) is 9.81. The maximum Gasteiger partial charge on any atom is 0.254 e. The number of carbonyl (C=O) groups excluding carboxylic acids is 1. The number of alkyl halides is 1. The van der Waals surface area contributed by atoms with Crippen LogP contribution in [-0.2, 0) is 18.5 Å². The van der Waals surface area contributed by atoms with E-state index in [9.17, 15) is 9.18 Å². The lowest BCUT2D eigenvalue weighted by molar-refractivity contribution is 0.0956. The number of rotatable bonds is 8. The average Bonchev–Trinajstić information content (AvgIpc) is 2.83. The van der Waals surface area contributed by atoms with E-state index < -0.39 is 5.67 Å². The summed E-state index contributed by atoms with van der Waals surface area (Å²) in [5, 5.41) is 9.33. The zero-order valence-electron chi connectivity index (χ0n) is 21.5. The van der Waals surface area contributed by atoms with Gasteiger partial charge in [0.15, 0.2) is 11.5 Å². The fourth-order valence-corrected chi connectivity index (χ4v) is 4.32. The predicted molar refractivity (Wildman–Crippen MR) is 141 cm³/mol. The Kier molecular flexibility index (Phi) is 7.49. The molecule has 9 heteroatoms. The summed E-state index contributed by atoms with van der Waals surface area (Å²) < 4.78 is 14.4. The van der Waals surface area contributed by atoms with E-state index in [2.05, 4.69) is 68.1 Å². The molecule has 1 amide bonds. The van der Waals surface area contributed by atoms with Crippen molar-refractivity contribution in [1.82, 2.24) is 25.2 Å². The minimum absolute atomic E-state index is 0.0598. The number of halogens is 1. The Bertz CT molecular complexity index is 1240. The maximum absolute atomic E-state index is 14.4. The molecular weight excluding hydrogens is 457 g/mol. The molecule has 0 aliphatic heterocycles. The van der Waals surface area contributed by atoms with Gasteiger partial charge in [0.1, 0.15) is 11.6 Å². The SMILES string of the molecule is CCNC(=O)c1cnc(Nc2ccc3c(c2)CC(N(C)C)CC3)cc1Nc1ccnc(C(C)(C)F)n1. The van der Waals surface area contributed by atoms with Crippen LogP contribution in [0.1, 0.15) is 54.5 Å². The number of benzene rings is 1. The van der Waals surface area contributed by atoms with Crippen LogP contribution in [0.2, 0.25) is 0 Å². The molecule has 36 heavy (non-hydrogen) atoms. The van der Waals surface area contributed by atoms with Crippen LogP contribution >= 0.6 is 0 Å². The van der Waals surface area contributed by atoms with Crippen molar-refractivity contribution in [2.75, 3.05) is 31.3 Å². The first-order valence-corrected chi connectivity index (χ1v) is 12.3. The molecule has 1 atom stereocenters. The molecule has 2 heterocycles. The number of pyridine rings is 1. The zero-order valence-corrected chi connectivity index (χ0v) is 21.5. The van der Waals surface area contributed by atoms with Crippen LogP contribution in [0, 0.1) is 0 Å². The van der Waals surface area contributed by atoms with Crippen molar-refractivity contribution in [2.24, 2.45) is 0 Å². The van der Waals surface area contributed by atoms with Crippen molar-refractivity contribution in [2.45, 2.75) is 51.7 Å². The van der Waals surface area contributed by atoms with Gasteiger partial charge in [-0.15, -0.1) is 0 Å². The molecule has 3 N–H and O–H groups in total. The molecule has 1 aromatic carbocycles. The molecule has 3 aromatic rings. The number of carbonyl (C=O) groups is 1. The Labute approximate surface area is 211 Å². The molecule has 1 unspecified atom stereocenters. The lowest BCUT2D eigenvalue weighted by atomic mass is 9.87. The van der Waals surface area contributed by atoms with Crippen LogP contribution in [0.25, 0.3) is 0 Å². The van der Waals surface area contributed by atoms with Gasteiger partial charge in [-0.1, -0.05) is 6.07 Å². The van der Waals surface area contributed by atoms with E-state index in [4.69, 9.17) is 0 Å². The van der Waals surface area contributed by atoms with Gasteiger partial charge in [-0.3, -0.25) is 4.79 Å². The van der Waals surface area contributed by atoms with Gasteiger partial charge in [0.05, 0.1) is 11.3 Å². The highest BCUT2D eigenvalue weighted by Crippen LogP contribution is 2.29. The monoisotopic (exact) mass is 491 g/mol. The highest BCUT2D eigenvalue weighted by Gasteiger charge is 2.23. The third-order valence-electron chi connectivity index (χ3n) is 6.35. The molecule has 0 fully saturated rings. The summed E-state index contributed by atoms with van der Waals surface area (Å²) in [5.74, 6) is 0.759. The predicted octanol–water partition coefficient (Wildman–Crippen LogP) is 4.73. The van der Waals surface area contributed by atoms with E-state index in [1.54, 1.807) is 12.1 Å². The molecule has 0 bridgehead atoms. The number of aryl methyl sites for hydroxylation is 1. The average molecular weight is 492 g/mol. The van der Waals surface area contributed by atoms with Crippen LogP contribution in [-0.4, -0.2) is 52.4 Å². The summed E-state index contributed by atoms with van der Waals surface area (Å²) in [5.41, 5.74) is 2.83. The summed E-state index contributed by atoms with van der Waals surface area (Å²) in [6.07, 6.45) is 6.26. The van der Waals surface area contributed by atoms with Gasteiger partial charge in [-0.2, -0.15) is 0 Å². The summed E-state index contributed by atoms with van der Waals surface area (Å²) in [4.78, 5) is 27.8. The molecule has 1 aliphatic rings. The fraction of sp³-hybridized carbons (Fsp3) is 0.407. The van der Waals surface area contributed by atoms with E-state index in [1.807, 2.05) is 6.92 Å². The second kappa shape index (κ2) is 10.6. The van der Waals surface area contributed by atoms with Gasteiger partial charge in [-0.25, -0.2) is 19.3 Å². The van der Waals surface area contributed by atoms with Crippen molar-refractivity contribution >= 4 is 28.9 Å². The van der Waals surface area contributed by atoms with Gasteiger partial charge in [0.2, 0.25) is 0 Å². The van der Waals surface area contributed by atoms with E-state index in [0.717, 1.165) is 24.9 Å². The third-order valence-corrected chi connectivity index (χ3v) is 6.35. The molecule has 0 radical (unpaired) electrons. The number of anilines is 4. The Hall–Kier alpha value is -3.59. The third kappa shape index (κ3) is 5.96. The number of hydrogen-bond acceptors (Lipinski definition) is 7. The standard InChI is InChI=1S/C27H34FN7O/c1-6-29-25(36)21-16-31-24(15-22(21)33-23-11-12-30-26(34-23)27(2,3)28)32-19-9-7-17-8-10-20(35(4)5)14-18(17)13-19/h7,9,11-13,15-16,20H,6,8,10,14H2,1-5H3,(H,29,36)(H2,30,31,32,33,34). The summed E-state index contributed by atoms with van der Waals surface area (Å²) in [6.45, 7) is 5.14. The zero-order chi connectivity index (χ0) is 25.9. The van der Waals surface area contributed by atoms with E-state index in [0.29, 0.717) is 35.5 Å². The number of nitrogens with one attached hydrogen (secondary N) is 3. The van der Waals surface area contributed by atoms with Gasteiger partial charge in [0.25, 0.3) is 5.91 Å². The Morgan fingerprint density at radius 1 is 1.11 bits per heavy atom. The molecule has 0 saturated carbocycles. The largest absolute Gasteiger partial charge is 0.352 e. The van der Waals surface area contributed by atoms with Crippen molar-refractivity contribution in [3.05, 3.63) is 65.2 Å². The molecule has 0 saturated heterocycles. The van der Waals surface area contributed by atoms with Gasteiger partial charge >= 0.3 is 0 Å². The summed E-state index contributed by atoms with van der Waals surface area (Å²) >= 11 is 0. The molecule has 0 spiro atoms. The first kappa shape index (κ1) is 25.5. The van der Waals surface area contributed by atoms with E-state index in [-0.39, 0.29) is 11.7 Å². The highest BCUT2D eigenvalue weighted by atomic mass is 19.1. The molecule has 2 aromatic heterocycles. The fourth-order valence-electron chi connectivity index (χ4n) is 4.32. The number of nitrogens with zero attached hydrogens (tertiary/aromatic N) is 4. The van der Waals surface area contributed by atoms with Crippen LogP contribution < -0.4 is 16.0 Å². The first-order valence-electron chi connectivity index (χ1n) is 12.3. The Morgan fingerprint density at radius 2 is 1.92 bits per heavy atom. The maximum atomic E-state index is 14.4. The van der Waals surface area contributed by atoms with Crippen LogP contribution in [0.5, 0.6) is 0 Å². The Morgan fingerprint density at radius 3 is 2.64 bits per heavy atom. The van der Waals surface area contributed by atoms with Crippen molar-refractivity contribution in [3.8, 4) is 0 Å².